The molecule has 8 heteroatoms. The van der Waals surface area contributed by atoms with Crippen molar-refractivity contribution in [3.63, 3.8) is 0 Å². The minimum absolute atomic E-state index is 0.0450. The number of aliphatic hydroxyl groups is 1. The highest BCUT2D eigenvalue weighted by molar-refractivity contribution is 6.00. The van der Waals surface area contributed by atoms with Crippen LogP contribution >= 0.6 is 0 Å². The number of carbonyl (C=O) groups excluding carboxylic acids is 1. The van der Waals surface area contributed by atoms with E-state index in [1.165, 1.54) is 24.3 Å². The first-order valence-electron chi connectivity index (χ1n) is 7.68. The van der Waals surface area contributed by atoms with E-state index in [1.807, 2.05) is 6.92 Å². The van der Waals surface area contributed by atoms with Crippen molar-refractivity contribution >= 4 is 11.6 Å². The van der Waals surface area contributed by atoms with Gasteiger partial charge < -0.3 is 10.2 Å². The number of phenols is 1. The number of aromatic hydroxyl groups is 1. The van der Waals surface area contributed by atoms with Gasteiger partial charge in [0.05, 0.1) is 5.56 Å². The molecule has 1 amide bonds. The molecule has 0 bridgehead atoms. The molecule has 1 aliphatic rings. The first kappa shape index (κ1) is 18.3. The van der Waals surface area contributed by atoms with Crippen molar-refractivity contribution in [2.24, 2.45) is 5.10 Å². The maximum Gasteiger partial charge on any atom is 0.438 e. The second-order valence-corrected chi connectivity index (χ2v) is 5.75. The number of rotatable bonds is 5. The molecular formula is C16H19F3N2O3. The molecule has 0 aliphatic carbocycles. The van der Waals surface area contributed by atoms with Crippen LogP contribution in [0.5, 0.6) is 5.75 Å². The summed E-state index contributed by atoms with van der Waals surface area (Å²) in [6.07, 6.45) is -3.24. The number of alkyl halides is 3. The van der Waals surface area contributed by atoms with Gasteiger partial charge in [-0.15, -0.1) is 0 Å². The molecule has 0 unspecified atom stereocenters. The Bertz CT molecular complexity index is 646. The third-order valence-electron chi connectivity index (χ3n) is 3.89. The molecule has 0 spiro atoms. The fourth-order valence-corrected chi connectivity index (χ4v) is 2.54. The van der Waals surface area contributed by atoms with E-state index in [4.69, 9.17) is 0 Å². The van der Waals surface area contributed by atoms with Gasteiger partial charge in [0, 0.05) is 12.1 Å². The average Bonchev–Trinajstić information content (AvgIpc) is 2.85. The number of carbonyl (C=O) groups is 1. The number of para-hydroxylation sites is 1. The number of benzene rings is 1. The zero-order valence-electron chi connectivity index (χ0n) is 13.2. The quantitative estimate of drug-likeness (QED) is 0.804. The van der Waals surface area contributed by atoms with Gasteiger partial charge in [-0.05, 0) is 25.0 Å². The Labute approximate surface area is 137 Å². The Kier molecular flexibility index (Phi) is 5.17. The molecule has 0 saturated heterocycles. The monoisotopic (exact) mass is 344 g/mol. The Morgan fingerprint density at radius 3 is 2.58 bits per heavy atom. The first-order chi connectivity index (χ1) is 11.2. The van der Waals surface area contributed by atoms with E-state index in [0.717, 1.165) is 12.8 Å². The molecule has 1 aromatic rings. The lowest BCUT2D eigenvalue weighted by molar-refractivity contribution is -0.297. The van der Waals surface area contributed by atoms with Crippen LogP contribution in [-0.4, -0.2) is 38.7 Å². The zero-order chi connectivity index (χ0) is 18.0. The highest BCUT2D eigenvalue weighted by atomic mass is 19.4. The van der Waals surface area contributed by atoms with E-state index in [1.54, 1.807) is 0 Å². The fourth-order valence-electron chi connectivity index (χ4n) is 2.54. The van der Waals surface area contributed by atoms with Gasteiger partial charge in [-0.3, -0.25) is 4.79 Å². The van der Waals surface area contributed by atoms with E-state index < -0.39 is 30.0 Å². The van der Waals surface area contributed by atoms with Gasteiger partial charge >= 0.3 is 6.18 Å². The summed E-state index contributed by atoms with van der Waals surface area (Å²) in [4.78, 5) is 12.4. The summed E-state index contributed by atoms with van der Waals surface area (Å²) in [6, 6.07) is 5.20. The molecular weight excluding hydrogens is 325 g/mol. The van der Waals surface area contributed by atoms with Gasteiger partial charge in [-0.25, -0.2) is 0 Å². The molecule has 0 aromatic heterocycles. The van der Waals surface area contributed by atoms with Crippen molar-refractivity contribution in [3.05, 3.63) is 29.8 Å². The van der Waals surface area contributed by atoms with E-state index in [2.05, 4.69) is 5.10 Å². The maximum atomic E-state index is 13.4. The largest absolute Gasteiger partial charge is 0.507 e. The van der Waals surface area contributed by atoms with Gasteiger partial charge in [0.15, 0.2) is 0 Å². The standard InChI is InChI=1S/C16H19F3N2O3/c1-2-3-4-7-11-10-15(24,16(17,18)19)21(20-11)14(23)12-8-5-6-9-13(12)22/h5-6,8-9,22,24H,2-4,7,10H2,1H3/t15-/m1/s1. The van der Waals surface area contributed by atoms with Crippen LogP contribution in [0, 0.1) is 0 Å². The second kappa shape index (κ2) is 6.80. The SMILES string of the molecule is CCCCCC1=NN(C(=O)c2ccccc2O)[C@](O)(C(F)(F)F)C1. The average molecular weight is 344 g/mol. The molecule has 24 heavy (non-hydrogen) atoms. The summed E-state index contributed by atoms with van der Waals surface area (Å²) in [5, 5.41) is 23.6. The molecule has 1 atom stereocenters. The number of unbranched alkanes of at least 4 members (excludes halogenated alkanes) is 2. The molecule has 132 valence electrons. The zero-order valence-corrected chi connectivity index (χ0v) is 13.2. The van der Waals surface area contributed by atoms with Gasteiger partial charge in [0.1, 0.15) is 5.75 Å². The number of hydrogen-bond acceptors (Lipinski definition) is 4. The summed E-state index contributed by atoms with van der Waals surface area (Å²) in [5.41, 5.74) is -3.63. The van der Waals surface area contributed by atoms with E-state index >= 15 is 0 Å². The summed E-state index contributed by atoms with van der Waals surface area (Å²) < 4.78 is 40.1. The second-order valence-electron chi connectivity index (χ2n) is 5.75. The van der Waals surface area contributed by atoms with Crippen LogP contribution in [0.25, 0.3) is 0 Å². The third-order valence-corrected chi connectivity index (χ3v) is 3.89. The molecule has 2 rings (SSSR count). The van der Waals surface area contributed by atoms with E-state index in [9.17, 15) is 28.2 Å². The molecule has 1 aromatic carbocycles. The Balaban J connectivity index is 2.34. The lowest BCUT2D eigenvalue weighted by Crippen LogP contribution is -2.56. The minimum Gasteiger partial charge on any atom is -0.507 e. The Morgan fingerprint density at radius 2 is 2.00 bits per heavy atom. The third kappa shape index (κ3) is 3.38. The van der Waals surface area contributed by atoms with Crippen LogP contribution in [-0.2, 0) is 0 Å². The highest BCUT2D eigenvalue weighted by Gasteiger charge is 2.63. The number of halogens is 3. The van der Waals surface area contributed by atoms with Crippen LogP contribution in [0.4, 0.5) is 13.2 Å². The number of amides is 1. The fraction of sp³-hybridized carbons (Fsp3) is 0.500. The van der Waals surface area contributed by atoms with Crippen molar-refractivity contribution < 1.29 is 28.2 Å². The number of hydrazone groups is 1. The molecule has 2 N–H and O–H groups in total. The molecule has 1 aliphatic heterocycles. The number of phenolic OH excluding ortho intramolecular Hbond substituents is 1. The Hall–Kier alpha value is -2.09. The van der Waals surface area contributed by atoms with Crippen LogP contribution < -0.4 is 0 Å². The van der Waals surface area contributed by atoms with Crippen LogP contribution in [0.1, 0.15) is 49.4 Å². The maximum absolute atomic E-state index is 13.4. The van der Waals surface area contributed by atoms with Crippen LogP contribution in [0.3, 0.4) is 0 Å². The molecule has 1 heterocycles. The summed E-state index contributed by atoms with van der Waals surface area (Å²) in [7, 11) is 0. The van der Waals surface area contributed by atoms with Crippen molar-refractivity contribution in [3.8, 4) is 5.75 Å². The summed E-state index contributed by atoms with van der Waals surface area (Å²) in [5.74, 6) is -1.67. The van der Waals surface area contributed by atoms with Crippen molar-refractivity contribution in [1.29, 1.82) is 0 Å². The Morgan fingerprint density at radius 1 is 1.33 bits per heavy atom. The van der Waals surface area contributed by atoms with E-state index in [-0.39, 0.29) is 22.7 Å². The topological polar surface area (TPSA) is 73.1 Å². The van der Waals surface area contributed by atoms with Gasteiger partial charge in [-0.2, -0.15) is 23.3 Å². The predicted octanol–water partition coefficient (Wildman–Crippen LogP) is 3.43. The van der Waals surface area contributed by atoms with Crippen molar-refractivity contribution in [1.82, 2.24) is 5.01 Å². The van der Waals surface area contributed by atoms with Crippen LogP contribution in [0.15, 0.2) is 29.4 Å². The van der Waals surface area contributed by atoms with E-state index in [0.29, 0.717) is 6.42 Å². The molecule has 0 saturated carbocycles. The van der Waals surface area contributed by atoms with Gasteiger partial charge in [0.2, 0.25) is 0 Å². The number of hydrogen-bond donors (Lipinski definition) is 2. The lowest BCUT2D eigenvalue weighted by Gasteiger charge is -2.32. The predicted molar refractivity (Wildman–Crippen MR) is 81.5 cm³/mol. The summed E-state index contributed by atoms with van der Waals surface area (Å²) in [6.45, 7) is 1.95. The van der Waals surface area contributed by atoms with Gasteiger partial charge in [0.25, 0.3) is 11.6 Å². The minimum atomic E-state index is -5.07. The molecule has 0 fully saturated rings. The summed E-state index contributed by atoms with van der Waals surface area (Å²) >= 11 is 0. The normalized spacial score (nSPS) is 21.0. The van der Waals surface area contributed by atoms with Crippen molar-refractivity contribution in [2.45, 2.75) is 50.9 Å². The molecule has 5 nitrogen and oxygen atoms in total. The van der Waals surface area contributed by atoms with Crippen LogP contribution in [0.2, 0.25) is 0 Å². The smallest absolute Gasteiger partial charge is 0.438 e. The van der Waals surface area contributed by atoms with Gasteiger partial charge in [-0.1, -0.05) is 31.9 Å². The number of nitrogens with zero attached hydrogens (tertiary/aromatic N) is 2. The highest BCUT2D eigenvalue weighted by Crippen LogP contribution is 2.42. The first-order valence-corrected chi connectivity index (χ1v) is 7.68. The lowest BCUT2D eigenvalue weighted by atomic mass is 10.0. The molecule has 0 radical (unpaired) electrons. The van der Waals surface area contributed by atoms with Crippen molar-refractivity contribution in [2.75, 3.05) is 0 Å².